The minimum atomic E-state index is -1.02. The maximum Gasteiger partial charge on any atom is 0.289 e. The highest BCUT2D eigenvalue weighted by atomic mass is 35.5. The lowest BCUT2D eigenvalue weighted by molar-refractivity contribution is -0.145. The van der Waals surface area contributed by atoms with Crippen molar-refractivity contribution in [1.29, 1.82) is 0 Å². The maximum absolute atomic E-state index is 14.7. The highest BCUT2D eigenvalue weighted by Gasteiger charge is 2.56. The number of oxime groups is 1. The number of likely N-dealkylation sites (tertiary alicyclic amines) is 1. The molecule has 266 valence electrons. The summed E-state index contributed by atoms with van der Waals surface area (Å²) in [5.41, 5.74) is -0.226. The molecule has 11 nitrogen and oxygen atoms in total. The van der Waals surface area contributed by atoms with Crippen molar-refractivity contribution in [3.8, 4) is 0 Å². The Labute approximate surface area is 293 Å². The molecule has 3 aliphatic carbocycles. The molecule has 6 atom stereocenters. The number of Topliss-reactive ketones (excluding diaryl/α,β-unsaturated/α-hetero) is 1. The third kappa shape index (κ3) is 7.97. The van der Waals surface area contributed by atoms with E-state index in [2.05, 4.69) is 21.1 Å². The normalized spacial score (nSPS) is 27.9. The van der Waals surface area contributed by atoms with Crippen molar-refractivity contribution in [3.63, 3.8) is 0 Å². The standard InChI is InChI=1S/C37H50ClN5O6/c1-36(2,3)31(41-32(45)26-17-25(26)22-9-6-5-7-10-22)35(48)43-20-37(18-28(42-49-37)23-11-8-12-24(38)16-23)19-29(43)33(46)40-27(15-21-13-14-21)30(44)34(47)39-4/h8,11-12,16,21-22,25-27,29,31H,5-7,9-10,13-15,17-20H2,1-4H3,(H,39,47)(H,40,46)(H,41,45)/t25-,26+,27-,29-,31+,37+/m0/s1. The Morgan fingerprint density at radius 1 is 1.04 bits per heavy atom. The molecule has 0 bridgehead atoms. The lowest BCUT2D eigenvalue weighted by atomic mass is 9.84. The fraction of sp³-hybridized carbons (Fsp3) is 0.676. The largest absolute Gasteiger partial charge is 0.387 e. The molecule has 0 radical (unpaired) electrons. The topological polar surface area (TPSA) is 146 Å². The molecule has 49 heavy (non-hydrogen) atoms. The average Bonchev–Trinajstić information content (AvgIpc) is 4.00. The quantitative estimate of drug-likeness (QED) is 0.297. The van der Waals surface area contributed by atoms with Crippen molar-refractivity contribution in [3.05, 3.63) is 34.9 Å². The molecule has 1 saturated heterocycles. The number of nitrogens with zero attached hydrogens (tertiary/aromatic N) is 2. The first kappa shape index (κ1) is 35.4. The van der Waals surface area contributed by atoms with Gasteiger partial charge in [0.25, 0.3) is 5.91 Å². The second-order valence-electron chi connectivity index (χ2n) is 16.1. The van der Waals surface area contributed by atoms with E-state index >= 15 is 0 Å². The summed E-state index contributed by atoms with van der Waals surface area (Å²) in [6, 6.07) is 4.34. The van der Waals surface area contributed by atoms with Gasteiger partial charge in [-0.3, -0.25) is 24.0 Å². The van der Waals surface area contributed by atoms with Gasteiger partial charge in [-0.2, -0.15) is 0 Å². The lowest BCUT2D eigenvalue weighted by Crippen LogP contribution is -2.59. The maximum atomic E-state index is 14.7. The van der Waals surface area contributed by atoms with Crippen molar-refractivity contribution in [2.75, 3.05) is 13.6 Å². The number of rotatable bonds is 11. The molecule has 0 unspecified atom stereocenters. The number of carbonyl (C=O) groups is 5. The van der Waals surface area contributed by atoms with Crippen LogP contribution in [0, 0.1) is 29.1 Å². The van der Waals surface area contributed by atoms with Gasteiger partial charge in [0.2, 0.25) is 23.5 Å². The fourth-order valence-corrected chi connectivity index (χ4v) is 8.27. The predicted molar refractivity (Wildman–Crippen MR) is 184 cm³/mol. The van der Waals surface area contributed by atoms with E-state index in [1.165, 1.54) is 31.2 Å². The molecule has 0 aromatic heterocycles. The van der Waals surface area contributed by atoms with E-state index in [0.717, 1.165) is 37.7 Å². The highest BCUT2D eigenvalue weighted by Crippen LogP contribution is 2.50. The molecule has 1 aromatic rings. The van der Waals surface area contributed by atoms with Crippen LogP contribution in [0.4, 0.5) is 0 Å². The van der Waals surface area contributed by atoms with Gasteiger partial charge in [-0.15, -0.1) is 0 Å². The molecule has 3 saturated carbocycles. The number of likely N-dealkylation sites (N-methyl/N-ethyl adjacent to an activating group) is 1. The van der Waals surface area contributed by atoms with E-state index < -0.39 is 46.7 Å². The van der Waals surface area contributed by atoms with Crippen LogP contribution >= 0.6 is 11.6 Å². The van der Waals surface area contributed by atoms with E-state index in [1.54, 1.807) is 12.1 Å². The van der Waals surface area contributed by atoms with Crippen LogP contribution in [0.15, 0.2) is 29.4 Å². The zero-order valence-corrected chi connectivity index (χ0v) is 29.8. The molecule has 1 spiro atoms. The Bertz CT molecular complexity index is 1510. The summed E-state index contributed by atoms with van der Waals surface area (Å²) in [6.07, 6.45) is 9.50. The number of nitrogens with one attached hydrogen (secondary N) is 3. The molecular weight excluding hydrogens is 646 g/mol. The molecule has 1 aromatic carbocycles. The molecule has 4 amide bonds. The Hall–Kier alpha value is -3.47. The van der Waals surface area contributed by atoms with E-state index in [0.29, 0.717) is 35.4 Å². The van der Waals surface area contributed by atoms with Gasteiger partial charge in [-0.05, 0) is 48.1 Å². The zero-order chi connectivity index (χ0) is 35.1. The number of halogens is 1. The van der Waals surface area contributed by atoms with Crippen molar-refractivity contribution in [2.45, 2.75) is 115 Å². The summed E-state index contributed by atoms with van der Waals surface area (Å²) >= 11 is 6.26. The van der Waals surface area contributed by atoms with Crippen LogP contribution in [-0.2, 0) is 28.8 Å². The minimum Gasteiger partial charge on any atom is -0.387 e. The van der Waals surface area contributed by atoms with Crippen LogP contribution in [0.25, 0.3) is 0 Å². The third-order valence-corrected chi connectivity index (χ3v) is 11.4. The Morgan fingerprint density at radius 3 is 2.43 bits per heavy atom. The minimum absolute atomic E-state index is 0.0603. The first-order valence-corrected chi connectivity index (χ1v) is 18.3. The molecule has 6 rings (SSSR count). The molecule has 12 heteroatoms. The van der Waals surface area contributed by atoms with Gasteiger partial charge in [-0.25, -0.2) is 0 Å². The van der Waals surface area contributed by atoms with Crippen LogP contribution in [0.1, 0.15) is 97.0 Å². The molecule has 2 heterocycles. The second kappa shape index (κ2) is 14.0. The van der Waals surface area contributed by atoms with Crippen molar-refractivity contribution >= 4 is 46.7 Å². The van der Waals surface area contributed by atoms with Crippen LogP contribution in [0.5, 0.6) is 0 Å². The third-order valence-electron chi connectivity index (χ3n) is 11.2. The number of carbonyl (C=O) groups excluding carboxylic acids is 5. The summed E-state index contributed by atoms with van der Waals surface area (Å²) in [4.78, 5) is 75.5. The fourth-order valence-electron chi connectivity index (χ4n) is 8.08. The monoisotopic (exact) mass is 695 g/mol. The zero-order valence-electron chi connectivity index (χ0n) is 29.1. The SMILES string of the molecule is CNC(=O)C(=O)[C@H](CC1CC1)NC(=O)[C@@H]1C[C@]2(CC(c3cccc(Cl)c3)=NO2)CN1C(=O)[C@@H](NC(=O)[C@@H]1C[C@H]1C1CCCCC1)C(C)(C)C. The second-order valence-corrected chi connectivity index (χ2v) is 16.5. The number of ketones is 1. The Balaban J connectivity index is 1.23. The van der Waals surface area contributed by atoms with Crippen molar-refractivity contribution in [2.24, 2.45) is 34.2 Å². The van der Waals surface area contributed by atoms with Crippen molar-refractivity contribution in [1.82, 2.24) is 20.9 Å². The van der Waals surface area contributed by atoms with E-state index in [9.17, 15) is 24.0 Å². The summed E-state index contributed by atoms with van der Waals surface area (Å²) in [7, 11) is 1.38. The van der Waals surface area contributed by atoms with Gasteiger partial charge in [0.05, 0.1) is 18.3 Å². The smallest absolute Gasteiger partial charge is 0.289 e. The van der Waals surface area contributed by atoms with Gasteiger partial charge in [0, 0.05) is 36.4 Å². The van der Waals surface area contributed by atoms with Gasteiger partial charge in [0.1, 0.15) is 12.1 Å². The van der Waals surface area contributed by atoms with Crippen LogP contribution in [0.2, 0.25) is 5.02 Å². The number of hydrogen-bond acceptors (Lipinski definition) is 7. The van der Waals surface area contributed by atoms with E-state index in [4.69, 9.17) is 16.4 Å². The summed E-state index contributed by atoms with van der Waals surface area (Å²) in [5, 5.41) is 13.2. The van der Waals surface area contributed by atoms with E-state index in [-0.39, 0.29) is 36.6 Å². The van der Waals surface area contributed by atoms with Gasteiger partial charge < -0.3 is 25.7 Å². The Morgan fingerprint density at radius 2 is 1.78 bits per heavy atom. The number of benzene rings is 1. The highest BCUT2D eigenvalue weighted by molar-refractivity contribution is 6.38. The van der Waals surface area contributed by atoms with Crippen molar-refractivity contribution < 1.29 is 28.8 Å². The summed E-state index contributed by atoms with van der Waals surface area (Å²) in [5.74, 6) is -1.45. The first-order chi connectivity index (χ1) is 23.3. The van der Waals surface area contributed by atoms with Gasteiger partial charge in [0.15, 0.2) is 5.60 Å². The predicted octanol–water partition coefficient (Wildman–Crippen LogP) is 4.15. The first-order valence-electron chi connectivity index (χ1n) is 18.0. The summed E-state index contributed by atoms with van der Waals surface area (Å²) in [6.45, 7) is 5.78. The molecule has 2 aliphatic heterocycles. The summed E-state index contributed by atoms with van der Waals surface area (Å²) < 4.78 is 0. The molecule has 3 N–H and O–H groups in total. The number of amides is 4. The molecule has 5 aliphatic rings. The lowest BCUT2D eigenvalue weighted by Gasteiger charge is -2.36. The van der Waals surface area contributed by atoms with Crippen LogP contribution in [-0.4, -0.2) is 77.3 Å². The molecule has 4 fully saturated rings. The van der Waals surface area contributed by atoms with E-state index in [1.807, 2.05) is 32.9 Å². The average molecular weight is 696 g/mol. The number of hydrogen-bond donors (Lipinski definition) is 3. The van der Waals surface area contributed by atoms with Gasteiger partial charge in [-0.1, -0.05) is 94.6 Å². The van der Waals surface area contributed by atoms with Crippen LogP contribution < -0.4 is 16.0 Å². The van der Waals surface area contributed by atoms with Crippen LogP contribution in [0.3, 0.4) is 0 Å². The molecular formula is C37H50ClN5O6. The van der Waals surface area contributed by atoms with Gasteiger partial charge >= 0.3 is 0 Å². The Kier molecular flexibility index (Phi) is 10.1.